The van der Waals surface area contributed by atoms with Gasteiger partial charge in [0.2, 0.25) is 10.0 Å². The van der Waals surface area contributed by atoms with E-state index in [0.717, 1.165) is 42.5 Å². The van der Waals surface area contributed by atoms with Crippen LogP contribution in [-0.2, 0) is 16.6 Å². The molecule has 2 aromatic heterocycles. The van der Waals surface area contributed by atoms with Crippen molar-refractivity contribution in [1.29, 1.82) is 0 Å². The van der Waals surface area contributed by atoms with Crippen molar-refractivity contribution in [2.75, 3.05) is 5.75 Å². The van der Waals surface area contributed by atoms with Gasteiger partial charge in [-0.3, -0.25) is 4.98 Å². The van der Waals surface area contributed by atoms with Crippen LogP contribution in [-0.4, -0.2) is 19.2 Å². The number of sulfonamides is 1. The van der Waals surface area contributed by atoms with Crippen molar-refractivity contribution in [2.24, 2.45) is 5.92 Å². The number of thiophene rings is 1. The Kier molecular flexibility index (Phi) is 5.46. The largest absolute Gasteiger partial charge is 0.256 e. The third-order valence-electron chi connectivity index (χ3n) is 4.32. The molecule has 0 amide bonds. The number of pyridine rings is 1. The normalized spacial score (nSPS) is 16.5. The van der Waals surface area contributed by atoms with Gasteiger partial charge in [0.05, 0.1) is 11.4 Å². The highest BCUT2D eigenvalue weighted by Gasteiger charge is 2.21. The summed E-state index contributed by atoms with van der Waals surface area (Å²) in [6.07, 6.45) is 7.38. The molecule has 1 aliphatic rings. The quantitative estimate of drug-likeness (QED) is 0.862. The zero-order valence-corrected chi connectivity index (χ0v) is 14.7. The zero-order chi connectivity index (χ0) is 16.1. The fourth-order valence-corrected chi connectivity index (χ4v) is 5.18. The highest BCUT2D eigenvalue weighted by Crippen LogP contribution is 2.25. The molecule has 0 radical (unpaired) electrons. The summed E-state index contributed by atoms with van der Waals surface area (Å²) in [6, 6.07) is 5.83. The van der Waals surface area contributed by atoms with Crippen molar-refractivity contribution in [3.63, 3.8) is 0 Å². The average Bonchev–Trinajstić information content (AvgIpc) is 3.08. The third kappa shape index (κ3) is 4.86. The fourth-order valence-electron chi connectivity index (χ4n) is 3.07. The van der Waals surface area contributed by atoms with Crippen molar-refractivity contribution in [3.8, 4) is 11.3 Å². The maximum Gasteiger partial charge on any atom is 0.212 e. The molecule has 0 aliphatic heterocycles. The predicted molar refractivity (Wildman–Crippen MR) is 94.8 cm³/mol. The minimum Gasteiger partial charge on any atom is -0.256 e. The summed E-state index contributed by atoms with van der Waals surface area (Å²) in [5.41, 5.74) is 2.89. The van der Waals surface area contributed by atoms with Crippen molar-refractivity contribution in [3.05, 3.63) is 40.7 Å². The first-order chi connectivity index (χ1) is 11.1. The van der Waals surface area contributed by atoms with Crippen LogP contribution in [0.15, 0.2) is 35.2 Å². The molecule has 124 valence electrons. The molecule has 6 heteroatoms. The Hall–Kier alpha value is -1.24. The summed E-state index contributed by atoms with van der Waals surface area (Å²) in [5.74, 6) is 0.579. The van der Waals surface area contributed by atoms with E-state index in [1.54, 1.807) is 17.5 Å². The van der Waals surface area contributed by atoms with E-state index in [0.29, 0.717) is 12.5 Å². The molecule has 0 bridgehead atoms. The summed E-state index contributed by atoms with van der Waals surface area (Å²) >= 11 is 1.63. The Morgan fingerprint density at radius 1 is 1.22 bits per heavy atom. The molecule has 0 aromatic carbocycles. The third-order valence-corrected chi connectivity index (χ3v) is 6.49. The average molecular weight is 351 g/mol. The Balaban J connectivity index is 1.60. The van der Waals surface area contributed by atoms with Gasteiger partial charge < -0.3 is 0 Å². The smallest absolute Gasteiger partial charge is 0.212 e. The van der Waals surface area contributed by atoms with E-state index in [9.17, 15) is 8.42 Å². The van der Waals surface area contributed by atoms with Gasteiger partial charge in [-0.25, -0.2) is 13.1 Å². The first-order valence-electron chi connectivity index (χ1n) is 8.07. The van der Waals surface area contributed by atoms with E-state index in [4.69, 9.17) is 0 Å². The Morgan fingerprint density at radius 2 is 2.04 bits per heavy atom. The van der Waals surface area contributed by atoms with Crippen LogP contribution in [0.5, 0.6) is 0 Å². The summed E-state index contributed by atoms with van der Waals surface area (Å²) in [7, 11) is -3.21. The van der Waals surface area contributed by atoms with Crippen LogP contribution in [0.4, 0.5) is 0 Å². The van der Waals surface area contributed by atoms with Gasteiger partial charge in [0.25, 0.3) is 0 Å². The van der Waals surface area contributed by atoms with Crippen LogP contribution in [0.3, 0.4) is 0 Å². The molecule has 2 aromatic rings. The molecular formula is C17H22N2O2S2. The van der Waals surface area contributed by atoms with Gasteiger partial charge in [-0.05, 0) is 47.9 Å². The van der Waals surface area contributed by atoms with Crippen LogP contribution in [0.2, 0.25) is 0 Å². The zero-order valence-electron chi connectivity index (χ0n) is 13.1. The number of nitrogens with zero attached hydrogens (tertiary/aromatic N) is 1. The number of rotatable bonds is 6. The number of hydrogen-bond donors (Lipinski definition) is 1. The summed E-state index contributed by atoms with van der Waals surface area (Å²) < 4.78 is 27.3. The Labute approximate surface area is 142 Å². The van der Waals surface area contributed by atoms with E-state index in [1.807, 2.05) is 29.0 Å². The summed E-state index contributed by atoms with van der Waals surface area (Å²) in [5, 5.41) is 4.05. The van der Waals surface area contributed by atoms with Gasteiger partial charge in [0.15, 0.2) is 0 Å². The lowest BCUT2D eigenvalue weighted by molar-refractivity contribution is 0.384. The van der Waals surface area contributed by atoms with E-state index in [-0.39, 0.29) is 5.75 Å². The van der Waals surface area contributed by atoms with Crippen LogP contribution in [0.1, 0.15) is 37.7 Å². The van der Waals surface area contributed by atoms with Crippen molar-refractivity contribution < 1.29 is 8.42 Å². The second-order valence-corrected chi connectivity index (χ2v) is 8.80. The summed E-state index contributed by atoms with van der Waals surface area (Å²) in [4.78, 5) is 4.35. The van der Waals surface area contributed by atoms with Gasteiger partial charge in [-0.2, -0.15) is 11.3 Å². The number of hydrogen-bond acceptors (Lipinski definition) is 4. The molecule has 0 saturated heterocycles. The van der Waals surface area contributed by atoms with Crippen LogP contribution >= 0.6 is 11.3 Å². The SMILES string of the molecule is O=S(=O)(CC1CCCCC1)NCc1ccnc(-c2ccsc2)c1. The maximum atomic E-state index is 12.3. The highest BCUT2D eigenvalue weighted by atomic mass is 32.2. The molecule has 1 saturated carbocycles. The number of nitrogens with one attached hydrogen (secondary N) is 1. The van der Waals surface area contributed by atoms with E-state index in [1.165, 1.54) is 6.42 Å². The van der Waals surface area contributed by atoms with Gasteiger partial charge in [-0.15, -0.1) is 0 Å². The molecule has 23 heavy (non-hydrogen) atoms. The van der Waals surface area contributed by atoms with E-state index < -0.39 is 10.0 Å². The molecule has 2 heterocycles. The van der Waals surface area contributed by atoms with E-state index in [2.05, 4.69) is 9.71 Å². The Bertz CT molecular complexity index is 721. The first-order valence-corrected chi connectivity index (χ1v) is 10.7. The van der Waals surface area contributed by atoms with E-state index >= 15 is 0 Å². The fraction of sp³-hybridized carbons (Fsp3) is 0.471. The maximum absolute atomic E-state index is 12.3. The van der Waals surface area contributed by atoms with Crippen LogP contribution in [0.25, 0.3) is 11.3 Å². The Morgan fingerprint density at radius 3 is 2.78 bits per heavy atom. The van der Waals surface area contributed by atoms with Crippen molar-refractivity contribution in [1.82, 2.24) is 9.71 Å². The molecule has 3 rings (SSSR count). The molecular weight excluding hydrogens is 328 g/mol. The number of aromatic nitrogens is 1. The lowest BCUT2D eigenvalue weighted by Crippen LogP contribution is -2.30. The van der Waals surface area contributed by atoms with Crippen molar-refractivity contribution in [2.45, 2.75) is 38.6 Å². The molecule has 1 aliphatic carbocycles. The molecule has 4 nitrogen and oxygen atoms in total. The van der Waals surface area contributed by atoms with Crippen LogP contribution in [0, 0.1) is 5.92 Å². The lowest BCUT2D eigenvalue weighted by Gasteiger charge is -2.21. The van der Waals surface area contributed by atoms with Crippen molar-refractivity contribution >= 4 is 21.4 Å². The monoisotopic (exact) mass is 350 g/mol. The standard InChI is InChI=1S/C17H22N2O2S2/c20-23(21,13-14-4-2-1-3-5-14)19-11-15-6-8-18-17(10-15)16-7-9-22-12-16/h6-10,12,14,19H,1-5,11,13H2. The minimum absolute atomic E-state index is 0.259. The second kappa shape index (κ2) is 7.55. The molecule has 1 N–H and O–H groups in total. The molecule has 0 spiro atoms. The van der Waals surface area contributed by atoms with Gasteiger partial charge in [0, 0.05) is 23.7 Å². The molecule has 0 atom stereocenters. The van der Waals surface area contributed by atoms with Gasteiger partial charge in [-0.1, -0.05) is 19.3 Å². The predicted octanol–water partition coefficient (Wildman–Crippen LogP) is 3.81. The van der Waals surface area contributed by atoms with Crippen LogP contribution < -0.4 is 4.72 Å². The second-order valence-electron chi connectivity index (χ2n) is 6.17. The summed E-state index contributed by atoms with van der Waals surface area (Å²) in [6.45, 7) is 0.328. The molecule has 1 fully saturated rings. The lowest BCUT2D eigenvalue weighted by atomic mass is 9.91. The first kappa shape index (κ1) is 16.6. The minimum atomic E-state index is -3.21. The van der Waals surface area contributed by atoms with Gasteiger partial charge in [0.1, 0.15) is 0 Å². The molecule has 0 unspecified atom stereocenters. The highest BCUT2D eigenvalue weighted by molar-refractivity contribution is 7.89. The van der Waals surface area contributed by atoms with Gasteiger partial charge >= 0.3 is 0 Å². The topological polar surface area (TPSA) is 59.1 Å².